The van der Waals surface area contributed by atoms with Gasteiger partial charge in [-0.1, -0.05) is 17.7 Å². The highest BCUT2D eigenvalue weighted by Gasteiger charge is 2.30. The normalized spacial score (nSPS) is 17.5. The Hall–Kier alpha value is -1.96. The molecule has 0 aliphatic carbocycles. The lowest BCUT2D eigenvalue weighted by atomic mass is 10.1. The average Bonchev–Trinajstić information content (AvgIpc) is 3.12. The Labute approximate surface area is 157 Å². The van der Waals surface area contributed by atoms with Gasteiger partial charge in [-0.3, -0.25) is 0 Å². The van der Waals surface area contributed by atoms with Gasteiger partial charge in [0.05, 0.1) is 4.90 Å². The zero-order valence-electron chi connectivity index (χ0n) is 14.3. The van der Waals surface area contributed by atoms with Crippen molar-refractivity contribution in [2.24, 2.45) is 0 Å². The maximum Gasteiger partial charge on any atom is 0.243 e. The van der Waals surface area contributed by atoms with E-state index in [1.807, 2.05) is 25.1 Å². The largest absolute Gasteiger partial charge is 0.454 e. The smallest absolute Gasteiger partial charge is 0.243 e. The minimum atomic E-state index is -3.56. The number of halogens is 1. The first-order chi connectivity index (χ1) is 12.5. The van der Waals surface area contributed by atoms with Crippen LogP contribution in [0.1, 0.15) is 5.56 Å². The molecular formula is C18H19ClN2O4S. The Morgan fingerprint density at radius 1 is 1.00 bits per heavy atom. The maximum atomic E-state index is 12.9. The maximum absolute atomic E-state index is 12.9. The Morgan fingerprint density at radius 2 is 1.73 bits per heavy atom. The van der Waals surface area contributed by atoms with Gasteiger partial charge in [-0.2, -0.15) is 4.31 Å². The number of piperazine rings is 1. The summed E-state index contributed by atoms with van der Waals surface area (Å²) in [6.45, 7) is 4.17. The number of fused-ring (bicyclic) bond motifs is 1. The van der Waals surface area contributed by atoms with E-state index in [0.717, 1.165) is 16.3 Å². The van der Waals surface area contributed by atoms with E-state index in [0.29, 0.717) is 37.7 Å². The van der Waals surface area contributed by atoms with Gasteiger partial charge < -0.3 is 14.4 Å². The number of hydrogen-bond acceptors (Lipinski definition) is 5. The molecule has 2 aromatic rings. The van der Waals surface area contributed by atoms with Crippen LogP contribution in [-0.4, -0.2) is 45.7 Å². The lowest BCUT2D eigenvalue weighted by Crippen LogP contribution is -2.48. The molecule has 0 radical (unpaired) electrons. The van der Waals surface area contributed by atoms with Crippen molar-refractivity contribution in [3.63, 3.8) is 0 Å². The lowest BCUT2D eigenvalue weighted by molar-refractivity contribution is 0.174. The van der Waals surface area contributed by atoms with Gasteiger partial charge in [-0.25, -0.2) is 8.42 Å². The monoisotopic (exact) mass is 394 g/mol. The van der Waals surface area contributed by atoms with Gasteiger partial charge >= 0.3 is 0 Å². The second-order valence-corrected chi connectivity index (χ2v) is 8.64. The third-order valence-electron chi connectivity index (χ3n) is 4.80. The van der Waals surface area contributed by atoms with E-state index in [-0.39, 0.29) is 11.7 Å². The van der Waals surface area contributed by atoms with E-state index < -0.39 is 10.0 Å². The molecule has 6 nitrogen and oxygen atoms in total. The van der Waals surface area contributed by atoms with Gasteiger partial charge in [0, 0.05) is 43.0 Å². The van der Waals surface area contributed by atoms with Crippen molar-refractivity contribution in [2.45, 2.75) is 11.8 Å². The molecule has 2 aliphatic heterocycles. The number of benzene rings is 2. The standard InChI is InChI=1S/C18H19ClN2O4S/c1-13-15(19)3-2-4-16(13)20-7-9-21(10-8-20)26(22,23)14-5-6-17-18(11-14)25-12-24-17/h2-6,11H,7-10,12H2,1H3. The number of hydrogen-bond donors (Lipinski definition) is 0. The van der Waals surface area contributed by atoms with E-state index in [9.17, 15) is 8.42 Å². The number of nitrogens with zero attached hydrogens (tertiary/aromatic N) is 2. The summed E-state index contributed by atoms with van der Waals surface area (Å²) in [5.41, 5.74) is 2.07. The van der Waals surface area contributed by atoms with Gasteiger partial charge in [-0.05, 0) is 36.8 Å². The van der Waals surface area contributed by atoms with Crippen molar-refractivity contribution in [1.82, 2.24) is 4.31 Å². The fourth-order valence-electron chi connectivity index (χ4n) is 3.29. The minimum Gasteiger partial charge on any atom is -0.454 e. The molecule has 0 amide bonds. The van der Waals surface area contributed by atoms with Crippen LogP contribution >= 0.6 is 11.6 Å². The molecule has 8 heteroatoms. The zero-order chi connectivity index (χ0) is 18.3. The molecule has 26 heavy (non-hydrogen) atoms. The molecule has 2 aromatic carbocycles. The summed E-state index contributed by atoms with van der Waals surface area (Å²) in [6.07, 6.45) is 0. The Kier molecular flexibility index (Phi) is 4.46. The second kappa shape index (κ2) is 6.64. The number of sulfonamides is 1. The van der Waals surface area contributed by atoms with Gasteiger partial charge in [0.25, 0.3) is 0 Å². The third-order valence-corrected chi connectivity index (χ3v) is 7.10. The van der Waals surface area contributed by atoms with Crippen molar-refractivity contribution < 1.29 is 17.9 Å². The minimum absolute atomic E-state index is 0.122. The fourth-order valence-corrected chi connectivity index (χ4v) is 4.90. The first-order valence-corrected chi connectivity index (χ1v) is 10.2. The average molecular weight is 395 g/mol. The molecule has 0 bridgehead atoms. The van der Waals surface area contributed by atoms with E-state index in [1.54, 1.807) is 12.1 Å². The molecule has 0 unspecified atom stereocenters. The molecule has 1 fully saturated rings. The predicted octanol–water partition coefficient (Wildman–Crippen LogP) is 2.89. The van der Waals surface area contributed by atoms with Crippen LogP contribution in [0.4, 0.5) is 5.69 Å². The third kappa shape index (κ3) is 3.00. The number of anilines is 1. The van der Waals surface area contributed by atoms with Gasteiger partial charge in [0.1, 0.15) is 0 Å². The SMILES string of the molecule is Cc1c(Cl)cccc1N1CCN(S(=O)(=O)c2ccc3c(c2)OCO3)CC1. The Balaban J connectivity index is 1.51. The van der Waals surface area contributed by atoms with Gasteiger partial charge in [-0.15, -0.1) is 0 Å². The fraction of sp³-hybridized carbons (Fsp3) is 0.333. The molecule has 2 aliphatic rings. The van der Waals surface area contributed by atoms with Crippen LogP contribution in [0.15, 0.2) is 41.3 Å². The van der Waals surface area contributed by atoms with E-state index >= 15 is 0 Å². The van der Waals surface area contributed by atoms with Crippen molar-refractivity contribution in [1.29, 1.82) is 0 Å². The quantitative estimate of drug-likeness (QED) is 0.801. The number of ether oxygens (including phenoxy) is 2. The molecule has 0 aromatic heterocycles. The molecule has 2 heterocycles. The van der Waals surface area contributed by atoms with Crippen LogP contribution < -0.4 is 14.4 Å². The summed E-state index contributed by atoms with van der Waals surface area (Å²) in [4.78, 5) is 2.40. The highest BCUT2D eigenvalue weighted by Crippen LogP contribution is 2.35. The van der Waals surface area contributed by atoms with Crippen LogP contribution in [-0.2, 0) is 10.0 Å². The van der Waals surface area contributed by atoms with Crippen molar-refractivity contribution in [3.8, 4) is 11.5 Å². The molecule has 1 saturated heterocycles. The zero-order valence-corrected chi connectivity index (χ0v) is 15.9. The molecule has 4 rings (SSSR count). The van der Waals surface area contributed by atoms with Crippen molar-refractivity contribution in [2.75, 3.05) is 37.9 Å². The number of rotatable bonds is 3. The summed E-state index contributed by atoms with van der Waals surface area (Å²) >= 11 is 6.21. The first kappa shape index (κ1) is 17.5. The van der Waals surface area contributed by atoms with Crippen LogP contribution in [0.5, 0.6) is 11.5 Å². The van der Waals surface area contributed by atoms with E-state index in [1.165, 1.54) is 10.4 Å². The van der Waals surface area contributed by atoms with Crippen LogP contribution in [0.2, 0.25) is 5.02 Å². The molecule has 0 saturated carbocycles. The van der Waals surface area contributed by atoms with E-state index in [2.05, 4.69) is 4.90 Å². The summed E-state index contributed by atoms with van der Waals surface area (Å²) in [6, 6.07) is 10.5. The molecule has 0 atom stereocenters. The second-order valence-electron chi connectivity index (χ2n) is 6.29. The lowest BCUT2D eigenvalue weighted by Gasteiger charge is -2.36. The van der Waals surface area contributed by atoms with Gasteiger partial charge in [0.2, 0.25) is 16.8 Å². The molecule has 0 spiro atoms. The predicted molar refractivity (Wildman–Crippen MR) is 99.7 cm³/mol. The van der Waals surface area contributed by atoms with Crippen molar-refractivity contribution in [3.05, 3.63) is 47.0 Å². The summed E-state index contributed by atoms with van der Waals surface area (Å²) < 4.78 is 37.9. The van der Waals surface area contributed by atoms with Crippen molar-refractivity contribution >= 4 is 27.3 Å². The Bertz CT molecular complexity index is 940. The molecular weight excluding hydrogens is 376 g/mol. The van der Waals surface area contributed by atoms with E-state index in [4.69, 9.17) is 21.1 Å². The summed E-state index contributed by atoms with van der Waals surface area (Å²) in [7, 11) is -3.56. The topological polar surface area (TPSA) is 59.1 Å². The first-order valence-electron chi connectivity index (χ1n) is 8.37. The summed E-state index contributed by atoms with van der Waals surface area (Å²) in [5, 5.41) is 0.720. The molecule has 138 valence electrons. The highest BCUT2D eigenvalue weighted by atomic mass is 35.5. The van der Waals surface area contributed by atoms with Crippen LogP contribution in [0.3, 0.4) is 0 Å². The Morgan fingerprint density at radius 3 is 2.50 bits per heavy atom. The van der Waals surface area contributed by atoms with Gasteiger partial charge in [0.15, 0.2) is 11.5 Å². The summed E-state index contributed by atoms with van der Waals surface area (Å²) in [5.74, 6) is 1.05. The van der Waals surface area contributed by atoms with Crippen LogP contribution in [0, 0.1) is 6.92 Å². The van der Waals surface area contributed by atoms with Crippen LogP contribution in [0.25, 0.3) is 0 Å². The molecule has 0 N–H and O–H groups in total. The highest BCUT2D eigenvalue weighted by molar-refractivity contribution is 7.89.